The minimum atomic E-state index is 0.111. The van der Waals surface area contributed by atoms with E-state index in [2.05, 4.69) is 14.9 Å². The van der Waals surface area contributed by atoms with Gasteiger partial charge in [0.2, 0.25) is 0 Å². The molecule has 0 radical (unpaired) electrons. The Labute approximate surface area is 101 Å². The van der Waals surface area contributed by atoms with E-state index in [0.29, 0.717) is 12.7 Å². The third-order valence-corrected chi connectivity index (χ3v) is 2.98. The summed E-state index contributed by atoms with van der Waals surface area (Å²) in [5.74, 6) is 0. The van der Waals surface area contributed by atoms with E-state index in [1.54, 1.807) is 12.4 Å². The van der Waals surface area contributed by atoms with Gasteiger partial charge in [0.1, 0.15) is 0 Å². The highest BCUT2D eigenvalue weighted by Crippen LogP contribution is 2.15. The van der Waals surface area contributed by atoms with Crippen LogP contribution in [-0.2, 0) is 11.3 Å². The number of hydrogen-bond acceptors (Lipinski definition) is 5. The molecule has 0 aromatic carbocycles. The van der Waals surface area contributed by atoms with E-state index in [-0.39, 0.29) is 6.61 Å². The standard InChI is InChI=1S/C12H19N3O2/c16-7-8-17-12-1-5-15(6-2-12)10-11-9-13-3-4-14-11/h3-4,9,12,16H,1-2,5-8,10H2. The first kappa shape index (κ1) is 12.4. The monoisotopic (exact) mass is 237 g/mol. The summed E-state index contributed by atoms with van der Waals surface area (Å²) in [5.41, 5.74) is 1.02. The predicted octanol–water partition coefficient (Wildman–Crippen LogP) is 0.450. The molecule has 2 rings (SSSR count). The van der Waals surface area contributed by atoms with Gasteiger partial charge in [-0.05, 0) is 12.8 Å². The minimum Gasteiger partial charge on any atom is -0.394 e. The van der Waals surface area contributed by atoms with E-state index in [4.69, 9.17) is 9.84 Å². The quantitative estimate of drug-likeness (QED) is 0.805. The van der Waals surface area contributed by atoms with Crippen LogP contribution in [0.5, 0.6) is 0 Å². The van der Waals surface area contributed by atoms with E-state index in [1.807, 2.05) is 6.20 Å². The van der Waals surface area contributed by atoms with E-state index in [1.165, 1.54) is 0 Å². The molecule has 0 saturated carbocycles. The molecule has 5 nitrogen and oxygen atoms in total. The average Bonchev–Trinajstić information content (AvgIpc) is 2.39. The van der Waals surface area contributed by atoms with Crippen LogP contribution < -0.4 is 0 Å². The molecule has 1 aromatic rings. The van der Waals surface area contributed by atoms with E-state index < -0.39 is 0 Å². The number of nitrogens with zero attached hydrogens (tertiary/aromatic N) is 3. The van der Waals surface area contributed by atoms with Crippen molar-refractivity contribution in [1.29, 1.82) is 0 Å². The van der Waals surface area contributed by atoms with Gasteiger partial charge < -0.3 is 9.84 Å². The third kappa shape index (κ3) is 4.03. The number of aromatic nitrogens is 2. The van der Waals surface area contributed by atoms with E-state index in [0.717, 1.165) is 38.2 Å². The van der Waals surface area contributed by atoms with Gasteiger partial charge in [0.15, 0.2) is 0 Å². The number of ether oxygens (including phenoxy) is 1. The van der Waals surface area contributed by atoms with Crippen LogP contribution in [0.4, 0.5) is 0 Å². The van der Waals surface area contributed by atoms with Crippen molar-refractivity contribution < 1.29 is 9.84 Å². The largest absolute Gasteiger partial charge is 0.394 e. The van der Waals surface area contributed by atoms with Crippen molar-refractivity contribution in [2.45, 2.75) is 25.5 Å². The fraction of sp³-hybridized carbons (Fsp3) is 0.667. The number of piperidine rings is 1. The summed E-state index contributed by atoms with van der Waals surface area (Å²) in [4.78, 5) is 10.7. The molecule has 5 heteroatoms. The third-order valence-electron chi connectivity index (χ3n) is 2.98. The second-order valence-corrected chi connectivity index (χ2v) is 4.27. The molecule has 0 aliphatic carbocycles. The molecule has 0 amide bonds. The summed E-state index contributed by atoms with van der Waals surface area (Å²) in [6.45, 7) is 3.47. The predicted molar refractivity (Wildman–Crippen MR) is 63.4 cm³/mol. The van der Waals surface area contributed by atoms with Gasteiger partial charge in [-0.3, -0.25) is 14.9 Å². The van der Waals surface area contributed by atoms with Crippen molar-refractivity contribution in [3.63, 3.8) is 0 Å². The first-order valence-electron chi connectivity index (χ1n) is 6.08. The Morgan fingerprint density at radius 1 is 1.35 bits per heavy atom. The van der Waals surface area contributed by atoms with Gasteiger partial charge in [-0.1, -0.05) is 0 Å². The van der Waals surface area contributed by atoms with Crippen molar-refractivity contribution in [1.82, 2.24) is 14.9 Å². The molecule has 0 unspecified atom stereocenters. The summed E-state index contributed by atoms with van der Waals surface area (Å²) in [5, 5.41) is 8.69. The molecule has 1 aliphatic rings. The molecule has 1 N–H and O–H groups in total. The zero-order valence-corrected chi connectivity index (χ0v) is 9.96. The van der Waals surface area contributed by atoms with Crippen LogP contribution in [0, 0.1) is 0 Å². The van der Waals surface area contributed by atoms with Crippen molar-refractivity contribution in [3.8, 4) is 0 Å². The number of aliphatic hydroxyl groups excluding tert-OH is 1. The molecule has 1 fully saturated rings. The fourth-order valence-electron chi connectivity index (χ4n) is 2.09. The van der Waals surface area contributed by atoms with E-state index >= 15 is 0 Å². The Morgan fingerprint density at radius 3 is 2.82 bits per heavy atom. The molecular formula is C12H19N3O2. The van der Waals surface area contributed by atoms with Crippen molar-refractivity contribution in [2.24, 2.45) is 0 Å². The van der Waals surface area contributed by atoms with E-state index in [9.17, 15) is 0 Å². The van der Waals surface area contributed by atoms with Crippen LogP contribution in [0.25, 0.3) is 0 Å². The van der Waals surface area contributed by atoms with Crippen LogP contribution in [-0.4, -0.2) is 52.4 Å². The Morgan fingerprint density at radius 2 is 2.18 bits per heavy atom. The normalized spacial score (nSPS) is 18.4. The molecule has 94 valence electrons. The van der Waals surface area contributed by atoms with Gasteiger partial charge in [0.25, 0.3) is 0 Å². The first-order chi connectivity index (χ1) is 8.38. The lowest BCUT2D eigenvalue weighted by Crippen LogP contribution is -2.37. The molecule has 0 bridgehead atoms. The molecule has 0 atom stereocenters. The molecule has 0 spiro atoms. The van der Waals surface area contributed by atoms with Crippen LogP contribution in [0.2, 0.25) is 0 Å². The maximum absolute atomic E-state index is 8.69. The maximum atomic E-state index is 8.69. The van der Waals surface area contributed by atoms with Crippen LogP contribution in [0.3, 0.4) is 0 Å². The number of rotatable bonds is 5. The summed E-state index contributed by atoms with van der Waals surface area (Å²) >= 11 is 0. The minimum absolute atomic E-state index is 0.111. The Kier molecular flexibility index (Phi) is 4.85. The lowest BCUT2D eigenvalue weighted by atomic mass is 10.1. The molecular weight excluding hydrogens is 218 g/mol. The Balaban J connectivity index is 1.72. The lowest BCUT2D eigenvalue weighted by Gasteiger charge is -2.31. The summed E-state index contributed by atoms with van der Waals surface area (Å²) in [7, 11) is 0. The summed E-state index contributed by atoms with van der Waals surface area (Å²) in [6, 6.07) is 0. The Bertz CT molecular complexity index is 313. The lowest BCUT2D eigenvalue weighted by molar-refractivity contribution is -0.00920. The molecule has 1 aliphatic heterocycles. The summed E-state index contributed by atoms with van der Waals surface area (Å²) < 4.78 is 5.53. The number of likely N-dealkylation sites (tertiary alicyclic amines) is 1. The number of hydrogen-bond donors (Lipinski definition) is 1. The molecule has 17 heavy (non-hydrogen) atoms. The Hall–Kier alpha value is -1.04. The van der Waals surface area contributed by atoms with Gasteiger partial charge in [-0.15, -0.1) is 0 Å². The molecule has 1 aromatic heterocycles. The molecule has 1 saturated heterocycles. The van der Waals surface area contributed by atoms with Gasteiger partial charge in [-0.25, -0.2) is 0 Å². The highest BCUT2D eigenvalue weighted by atomic mass is 16.5. The highest BCUT2D eigenvalue weighted by molar-refractivity contribution is 4.94. The van der Waals surface area contributed by atoms with Crippen molar-refractivity contribution in [3.05, 3.63) is 24.3 Å². The van der Waals surface area contributed by atoms with Gasteiger partial charge in [0, 0.05) is 38.2 Å². The van der Waals surface area contributed by atoms with Crippen LogP contribution in [0.15, 0.2) is 18.6 Å². The zero-order valence-electron chi connectivity index (χ0n) is 9.96. The number of aliphatic hydroxyl groups is 1. The highest BCUT2D eigenvalue weighted by Gasteiger charge is 2.19. The van der Waals surface area contributed by atoms with Gasteiger partial charge in [-0.2, -0.15) is 0 Å². The zero-order chi connectivity index (χ0) is 11.9. The SMILES string of the molecule is OCCOC1CCN(Cc2cnccn2)CC1. The van der Waals surface area contributed by atoms with Gasteiger partial charge >= 0.3 is 0 Å². The van der Waals surface area contributed by atoms with Crippen LogP contribution >= 0.6 is 0 Å². The average molecular weight is 237 g/mol. The van der Waals surface area contributed by atoms with Gasteiger partial charge in [0.05, 0.1) is 25.0 Å². The smallest absolute Gasteiger partial charge is 0.0726 e. The van der Waals surface area contributed by atoms with Crippen molar-refractivity contribution in [2.75, 3.05) is 26.3 Å². The first-order valence-corrected chi connectivity index (χ1v) is 6.08. The second-order valence-electron chi connectivity index (χ2n) is 4.27. The fourth-order valence-corrected chi connectivity index (χ4v) is 2.09. The van der Waals surface area contributed by atoms with Crippen molar-refractivity contribution >= 4 is 0 Å². The van der Waals surface area contributed by atoms with Crippen LogP contribution in [0.1, 0.15) is 18.5 Å². The maximum Gasteiger partial charge on any atom is 0.0726 e. The second kappa shape index (κ2) is 6.64. The molecule has 2 heterocycles. The topological polar surface area (TPSA) is 58.5 Å². The summed E-state index contributed by atoms with van der Waals surface area (Å²) in [6.07, 6.45) is 7.60.